The van der Waals surface area contributed by atoms with Gasteiger partial charge in [0.25, 0.3) is 5.91 Å². The van der Waals surface area contributed by atoms with Crippen LogP contribution in [0.5, 0.6) is 0 Å². The van der Waals surface area contributed by atoms with Crippen LogP contribution in [0.2, 0.25) is 0 Å². The number of hydrogen-bond donors (Lipinski definition) is 1. The lowest BCUT2D eigenvalue weighted by molar-refractivity contribution is -0.167. The smallest absolute Gasteiger partial charge is 0.254 e. The Labute approximate surface area is 164 Å². The number of nitrogens with one attached hydrogen (secondary N) is 1. The lowest BCUT2D eigenvalue weighted by Crippen LogP contribution is -2.62. The maximum atomic E-state index is 12.8. The number of aromatic nitrogens is 1. The minimum Gasteiger partial charge on any atom is -0.375 e. The van der Waals surface area contributed by atoms with Gasteiger partial charge in [0.1, 0.15) is 6.61 Å². The molecule has 1 aromatic heterocycles. The molecule has 0 unspecified atom stereocenters. The molecular formula is C21H25N3O4. The molecule has 0 radical (unpaired) electrons. The number of amides is 2. The van der Waals surface area contributed by atoms with Crippen LogP contribution >= 0.6 is 0 Å². The Morgan fingerprint density at radius 3 is 2.82 bits per heavy atom. The second kappa shape index (κ2) is 8.95. The molecule has 2 heterocycles. The van der Waals surface area contributed by atoms with E-state index in [-0.39, 0.29) is 31.6 Å². The fourth-order valence-corrected chi connectivity index (χ4v) is 3.55. The Balaban J connectivity index is 1.94. The first-order chi connectivity index (χ1) is 13.6. The van der Waals surface area contributed by atoms with Gasteiger partial charge in [0.15, 0.2) is 5.60 Å². The zero-order valence-corrected chi connectivity index (χ0v) is 16.2. The molecule has 7 heteroatoms. The summed E-state index contributed by atoms with van der Waals surface area (Å²) in [7, 11) is 3.06. The second-order valence-electron chi connectivity index (χ2n) is 6.75. The van der Waals surface area contributed by atoms with Crippen LogP contribution in [-0.4, -0.2) is 67.8 Å². The summed E-state index contributed by atoms with van der Waals surface area (Å²) in [6, 6.07) is 11.7. The van der Waals surface area contributed by atoms with Gasteiger partial charge in [-0.3, -0.25) is 14.6 Å². The molecule has 3 rings (SSSR count). The van der Waals surface area contributed by atoms with Gasteiger partial charge in [0.05, 0.1) is 13.2 Å². The predicted octanol–water partition coefficient (Wildman–Crippen LogP) is 1.28. The van der Waals surface area contributed by atoms with Gasteiger partial charge in [-0.2, -0.15) is 0 Å². The summed E-state index contributed by atoms with van der Waals surface area (Å²) < 4.78 is 11.0. The number of ether oxygens (including phenoxy) is 2. The molecule has 1 aliphatic heterocycles. The SMILES string of the molecule is CNC(=O)[C@@]1(Cc2ccccc2-c2cccnc2)CN(C(=O)COC)CCO1. The van der Waals surface area contributed by atoms with Gasteiger partial charge in [-0.25, -0.2) is 0 Å². The zero-order valence-electron chi connectivity index (χ0n) is 16.2. The summed E-state index contributed by atoms with van der Waals surface area (Å²) in [5, 5.41) is 2.70. The largest absolute Gasteiger partial charge is 0.375 e. The summed E-state index contributed by atoms with van der Waals surface area (Å²) in [6.07, 6.45) is 3.86. The molecule has 148 valence electrons. The van der Waals surface area contributed by atoms with Crippen LogP contribution < -0.4 is 5.32 Å². The molecule has 1 saturated heterocycles. The van der Waals surface area contributed by atoms with E-state index in [1.54, 1.807) is 24.3 Å². The van der Waals surface area contributed by atoms with E-state index >= 15 is 0 Å². The molecule has 1 fully saturated rings. The Morgan fingerprint density at radius 2 is 2.11 bits per heavy atom. The molecular weight excluding hydrogens is 358 g/mol. The molecule has 28 heavy (non-hydrogen) atoms. The number of hydrogen-bond acceptors (Lipinski definition) is 5. The first kappa shape index (κ1) is 20.0. The van der Waals surface area contributed by atoms with Crippen LogP contribution in [0.3, 0.4) is 0 Å². The number of likely N-dealkylation sites (N-methyl/N-ethyl adjacent to an activating group) is 1. The standard InChI is InChI=1S/C21H25N3O4/c1-22-20(26)21(15-24(10-11-28-21)19(25)14-27-2)12-16-6-3-4-8-18(16)17-7-5-9-23-13-17/h3-9,13H,10-12,14-15H2,1-2H3,(H,22,26)/t21-/m1/s1. The van der Waals surface area contributed by atoms with Gasteiger partial charge in [-0.05, 0) is 17.2 Å². The third-order valence-corrected chi connectivity index (χ3v) is 4.91. The normalized spacial score (nSPS) is 19.3. The van der Waals surface area contributed by atoms with Crippen LogP contribution in [-0.2, 0) is 25.5 Å². The number of pyridine rings is 1. The third kappa shape index (κ3) is 4.21. The number of morpholine rings is 1. The predicted molar refractivity (Wildman–Crippen MR) is 105 cm³/mol. The summed E-state index contributed by atoms with van der Waals surface area (Å²) in [5.74, 6) is -0.400. The van der Waals surface area contributed by atoms with E-state index in [0.717, 1.165) is 16.7 Å². The molecule has 2 aromatic rings. The highest BCUT2D eigenvalue weighted by Gasteiger charge is 2.45. The van der Waals surface area contributed by atoms with Crippen molar-refractivity contribution in [3.63, 3.8) is 0 Å². The Kier molecular flexibility index (Phi) is 6.38. The van der Waals surface area contributed by atoms with Crippen molar-refractivity contribution in [2.24, 2.45) is 0 Å². The maximum Gasteiger partial charge on any atom is 0.254 e. The fraction of sp³-hybridized carbons (Fsp3) is 0.381. The molecule has 2 amide bonds. The summed E-state index contributed by atoms with van der Waals surface area (Å²) in [6.45, 7) is 0.884. The number of carbonyl (C=O) groups is 2. The number of rotatable bonds is 6. The summed E-state index contributed by atoms with van der Waals surface area (Å²) in [5.41, 5.74) is 1.76. The van der Waals surface area contributed by atoms with Gasteiger partial charge in [-0.15, -0.1) is 0 Å². The van der Waals surface area contributed by atoms with Crippen molar-refractivity contribution in [1.29, 1.82) is 0 Å². The summed E-state index contributed by atoms with van der Waals surface area (Å²) >= 11 is 0. The first-order valence-electron chi connectivity index (χ1n) is 9.21. The molecule has 0 saturated carbocycles. The highest BCUT2D eigenvalue weighted by Crippen LogP contribution is 2.30. The van der Waals surface area contributed by atoms with Gasteiger partial charge < -0.3 is 19.7 Å². The average Bonchev–Trinajstić information content (AvgIpc) is 2.74. The lowest BCUT2D eigenvalue weighted by Gasteiger charge is -2.41. The number of nitrogens with zero attached hydrogens (tertiary/aromatic N) is 2. The van der Waals surface area contributed by atoms with Crippen molar-refractivity contribution in [1.82, 2.24) is 15.2 Å². The molecule has 0 aliphatic carbocycles. The average molecular weight is 383 g/mol. The van der Waals surface area contributed by atoms with Gasteiger partial charge >= 0.3 is 0 Å². The van der Waals surface area contributed by atoms with Crippen molar-refractivity contribution >= 4 is 11.8 Å². The Bertz CT molecular complexity index is 827. The monoisotopic (exact) mass is 383 g/mol. The molecule has 1 atom stereocenters. The number of methoxy groups -OCH3 is 1. The maximum absolute atomic E-state index is 12.8. The summed E-state index contributed by atoms with van der Waals surface area (Å²) in [4.78, 5) is 31.0. The molecule has 0 spiro atoms. The zero-order chi connectivity index (χ0) is 20.0. The van der Waals surface area contributed by atoms with Crippen molar-refractivity contribution < 1.29 is 19.1 Å². The highest BCUT2D eigenvalue weighted by molar-refractivity contribution is 5.87. The van der Waals surface area contributed by atoms with Crippen molar-refractivity contribution in [2.45, 2.75) is 12.0 Å². The molecule has 1 aromatic carbocycles. The van der Waals surface area contributed by atoms with E-state index in [4.69, 9.17) is 9.47 Å². The minimum absolute atomic E-state index is 0.0178. The van der Waals surface area contributed by atoms with Crippen molar-refractivity contribution in [3.05, 3.63) is 54.4 Å². The number of carbonyl (C=O) groups excluding carboxylic acids is 2. The Hall–Kier alpha value is -2.77. The molecule has 1 N–H and O–H groups in total. The van der Waals surface area contributed by atoms with E-state index < -0.39 is 5.60 Å². The molecule has 1 aliphatic rings. The van der Waals surface area contributed by atoms with Crippen LogP contribution in [0.15, 0.2) is 48.8 Å². The van der Waals surface area contributed by atoms with E-state index in [2.05, 4.69) is 10.3 Å². The van der Waals surface area contributed by atoms with Crippen LogP contribution in [0.1, 0.15) is 5.56 Å². The van der Waals surface area contributed by atoms with Gasteiger partial charge in [0.2, 0.25) is 5.91 Å². The molecule has 7 nitrogen and oxygen atoms in total. The van der Waals surface area contributed by atoms with Gasteiger partial charge in [0, 0.05) is 45.1 Å². The second-order valence-corrected chi connectivity index (χ2v) is 6.75. The Morgan fingerprint density at radius 1 is 1.29 bits per heavy atom. The topological polar surface area (TPSA) is 80.8 Å². The van der Waals surface area contributed by atoms with Crippen LogP contribution in [0, 0.1) is 0 Å². The van der Waals surface area contributed by atoms with Crippen LogP contribution in [0.25, 0.3) is 11.1 Å². The third-order valence-electron chi connectivity index (χ3n) is 4.91. The van der Waals surface area contributed by atoms with E-state index in [9.17, 15) is 9.59 Å². The van der Waals surface area contributed by atoms with Crippen molar-refractivity contribution in [2.75, 3.05) is 40.5 Å². The fourth-order valence-electron chi connectivity index (χ4n) is 3.55. The van der Waals surface area contributed by atoms with E-state index in [1.165, 1.54) is 7.11 Å². The van der Waals surface area contributed by atoms with E-state index in [1.807, 2.05) is 36.4 Å². The van der Waals surface area contributed by atoms with Gasteiger partial charge in [-0.1, -0.05) is 30.3 Å². The van der Waals surface area contributed by atoms with Crippen molar-refractivity contribution in [3.8, 4) is 11.1 Å². The molecule has 0 bridgehead atoms. The quantitative estimate of drug-likeness (QED) is 0.813. The highest BCUT2D eigenvalue weighted by atomic mass is 16.5. The van der Waals surface area contributed by atoms with Crippen LogP contribution in [0.4, 0.5) is 0 Å². The lowest BCUT2D eigenvalue weighted by atomic mass is 9.87. The minimum atomic E-state index is -1.16. The first-order valence-corrected chi connectivity index (χ1v) is 9.21. The number of benzene rings is 1. The van der Waals surface area contributed by atoms with E-state index in [0.29, 0.717) is 13.0 Å².